The van der Waals surface area contributed by atoms with Crippen molar-refractivity contribution in [1.29, 1.82) is 0 Å². The van der Waals surface area contributed by atoms with E-state index in [-0.39, 0.29) is 22.4 Å². The predicted molar refractivity (Wildman–Crippen MR) is 104 cm³/mol. The minimum absolute atomic E-state index is 0.0302. The minimum atomic E-state index is -3.94. The van der Waals surface area contributed by atoms with Crippen molar-refractivity contribution in [1.82, 2.24) is 9.78 Å². The van der Waals surface area contributed by atoms with Crippen LogP contribution >= 0.6 is 0 Å². The van der Waals surface area contributed by atoms with Crippen molar-refractivity contribution in [2.45, 2.75) is 31.2 Å². The normalized spacial score (nSPS) is 18.8. The van der Waals surface area contributed by atoms with Gasteiger partial charge in [-0.15, -0.1) is 0 Å². The van der Waals surface area contributed by atoms with Crippen LogP contribution in [0.25, 0.3) is 0 Å². The zero-order chi connectivity index (χ0) is 20.7. The Labute approximate surface area is 164 Å². The van der Waals surface area contributed by atoms with Crippen LogP contribution in [0, 0.1) is 13.8 Å². The Morgan fingerprint density at radius 2 is 1.86 bits per heavy atom. The van der Waals surface area contributed by atoms with E-state index >= 15 is 0 Å². The number of sulfonamides is 1. The summed E-state index contributed by atoms with van der Waals surface area (Å²) in [6.07, 6.45) is 0.424. The number of nitrogens with one attached hydrogen (secondary N) is 1. The molecular formula is C17H23N3O6S2. The molecule has 1 N–H and O–H groups in total. The number of hydrogen-bond donors (Lipinski definition) is 1. The van der Waals surface area contributed by atoms with E-state index in [1.807, 2.05) is 0 Å². The molecule has 11 heteroatoms. The van der Waals surface area contributed by atoms with Gasteiger partial charge in [-0.25, -0.2) is 16.8 Å². The van der Waals surface area contributed by atoms with Crippen LogP contribution < -0.4 is 14.2 Å². The van der Waals surface area contributed by atoms with Crippen LogP contribution in [0.2, 0.25) is 0 Å². The summed E-state index contributed by atoms with van der Waals surface area (Å²) in [6.45, 7) is 3.23. The molecule has 0 aliphatic carbocycles. The molecule has 0 bridgehead atoms. The molecule has 2 aromatic rings. The van der Waals surface area contributed by atoms with Crippen LogP contribution in [-0.2, 0) is 19.9 Å². The molecule has 1 aliphatic rings. The second-order valence-electron chi connectivity index (χ2n) is 6.68. The summed E-state index contributed by atoms with van der Waals surface area (Å²) in [5, 5.41) is 4.32. The molecule has 154 valence electrons. The highest BCUT2D eigenvalue weighted by Gasteiger charge is 2.33. The van der Waals surface area contributed by atoms with Crippen LogP contribution in [0.5, 0.6) is 11.5 Å². The number of ether oxygens (including phenoxy) is 2. The zero-order valence-electron chi connectivity index (χ0n) is 16.1. The first kappa shape index (κ1) is 20.5. The third-order valence-electron chi connectivity index (χ3n) is 4.72. The number of hydrogen-bond acceptors (Lipinski definition) is 7. The molecule has 1 atom stereocenters. The molecular weight excluding hydrogens is 406 g/mol. The average Bonchev–Trinajstić information content (AvgIpc) is 3.13. The highest BCUT2D eigenvalue weighted by atomic mass is 32.2. The lowest BCUT2D eigenvalue weighted by Crippen LogP contribution is -2.17. The summed E-state index contributed by atoms with van der Waals surface area (Å²) in [4.78, 5) is 0.0478. The Morgan fingerprint density at radius 3 is 2.43 bits per heavy atom. The predicted octanol–water partition coefficient (Wildman–Crippen LogP) is 1.68. The first-order chi connectivity index (χ1) is 13.1. The van der Waals surface area contributed by atoms with Crippen LogP contribution in [0.4, 0.5) is 5.69 Å². The van der Waals surface area contributed by atoms with Gasteiger partial charge in [0.15, 0.2) is 21.3 Å². The largest absolute Gasteiger partial charge is 0.493 e. The number of aryl methyl sites for hydroxylation is 1. The van der Waals surface area contributed by atoms with Crippen molar-refractivity contribution in [3.63, 3.8) is 0 Å². The molecule has 0 saturated carbocycles. The third kappa shape index (κ3) is 3.81. The highest BCUT2D eigenvalue weighted by Crippen LogP contribution is 2.33. The Balaban J connectivity index is 1.95. The Hall–Kier alpha value is -2.27. The Bertz CT molecular complexity index is 1110. The van der Waals surface area contributed by atoms with Gasteiger partial charge < -0.3 is 9.47 Å². The number of sulfone groups is 1. The summed E-state index contributed by atoms with van der Waals surface area (Å²) in [5.41, 5.74) is 1.04. The maximum Gasteiger partial charge on any atom is 0.265 e. The monoisotopic (exact) mass is 429 g/mol. The number of aromatic nitrogens is 2. The van der Waals surface area contributed by atoms with E-state index in [9.17, 15) is 16.8 Å². The number of anilines is 1. The minimum Gasteiger partial charge on any atom is -0.493 e. The van der Waals surface area contributed by atoms with Crippen molar-refractivity contribution in [2.75, 3.05) is 30.4 Å². The van der Waals surface area contributed by atoms with Crippen LogP contribution in [0.1, 0.15) is 23.9 Å². The van der Waals surface area contributed by atoms with Gasteiger partial charge >= 0.3 is 0 Å². The van der Waals surface area contributed by atoms with Crippen molar-refractivity contribution < 1.29 is 26.3 Å². The Kier molecular flexibility index (Phi) is 5.32. The molecule has 1 unspecified atom stereocenters. The summed E-state index contributed by atoms with van der Waals surface area (Å²) in [7, 11) is -4.10. The van der Waals surface area contributed by atoms with E-state index in [1.165, 1.54) is 25.0 Å². The number of nitrogens with zero attached hydrogens (tertiary/aromatic N) is 2. The van der Waals surface area contributed by atoms with Gasteiger partial charge in [-0.05, 0) is 32.4 Å². The fourth-order valence-corrected chi connectivity index (χ4v) is 6.61. The van der Waals surface area contributed by atoms with Gasteiger partial charge in [-0.2, -0.15) is 5.10 Å². The lowest BCUT2D eigenvalue weighted by molar-refractivity contribution is 0.355. The molecule has 1 aromatic heterocycles. The smallest absolute Gasteiger partial charge is 0.265 e. The molecule has 1 aromatic carbocycles. The molecule has 0 amide bonds. The van der Waals surface area contributed by atoms with Gasteiger partial charge in [-0.3, -0.25) is 9.40 Å². The molecule has 2 heterocycles. The fraction of sp³-hybridized carbons (Fsp3) is 0.471. The van der Waals surface area contributed by atoms with Crippen molar-refractivity contribution in [3.8, 4) is 11.5 Å². The van der Waals surface area contributed by atoms with Crippen molar-refractivity contribution in [3.05, 3.63) is 29.6 Å². The van der Waals surface area contributed by atoms with Crippen molar-refractivity contribution in [2.24, 2.45) is 0 Å². The van der Waals surface area contributed by atoms with E-state index in [0.717, 1.165) is 0 Å². The molecule has 1 saturated heterocycles. The summed E-state index contributed by atoms with van der Waals surface area (Å²) >= 11 is 0. The van der Waals surface area contributed by atoms with Crippen LogP contribution in [-0.4, -0.2) is 52.3 Å². The van der Waals surface area contributed by atoms with Gasteiger partial charge in [0.1, 0.15) is 4.90 Å². The topological polar surface area (TPSA) is 117 Å². The first-order valence-corrected chi connectivity index (χ1v) is 11.9. The Morgan fingerprint density at radius 1 is 1.18 bits per heavy atom. The number of rotatable bonds is 6. The molecule has 9 nitrogen and oxygen atoms in total. The highest BCUT2D eigenvalue weighted by molar-refractivity contribution is 7.92. The molecule has 0 spiro atoms. The van der Waals surface area contributed by atoms with Crippen molar-refractivity contribution >= 4 is 25.5 Å². The molecule has 1 fully saturated rings. The van der Waals surface area contributed by atoms with Gasteiger partial charge in [0.25, 0.3) is 10.0 Å². The summed E-state index contributed by atoms with van der Waals surface area (Å²) < 4.78 is 63.9. The SMILES string of the molecule is COc1ccc(NS(=O)(=O)c2c(C)nn(C3CCS(=O)(=O)C3)c2C)cc1OC. The average molecular weight is 430 g/mol. The van der Waals surface area contributed by atoms with Gasteiger partial charge in [0.2, 0.25) is 0 Å². The zero-order valence-corrected chi connectivity index (χ0v) is 17.7. The lowest BCUT2D eigenvalue weighted by Gasteiger charge is -2.13. The third-order valence-corrected chi connectivity index (χ3v) is 8.10. The molecule has 28 heavy (non-hydrogen) atoms. The van der Waals surface area contributed by atoms with E-state index in [2.05, 4.69) is 9.82 Å². The van der Waals surface area contributed by atoms with E-state index < -0.39 is 19.9 Å². The fourth-order valence-electron chi connectivity index (χ4n) is 3.47. The summed E-state index contributed by atoms with van der Waals surface area (Å²) in [6, 6.07) is 4.34. The standard InChI is InChI=1S/C17H23N3O6S2/c1-11-17(12(2)20(18-11)14-7-8-27(21,22)10-14)28(23,24)19-13-5-6-15(25-3)16(9-13)26-4/h5-6,9,14,19H,7-8,10H2,1-4H3. The maximum absolute atomic E-state index is 13.0. The first-order valence-electron chi connectivity index (χ1n) is 8.59. The van der Waals surface area contributed by atoms with E-state index in [0.29, 0.717) is 35.0 Å². The van der Waals surface area contributed by atoms with Crippen LogP contribution in [0.15, 0.2) is 23.1 Å². The number of methoxy groups -OCH3 is 2. The maximum atomic E-state index is 13.0. The summed E-state index contributed by atoms with van der Waals surface area (Å²) in [5.74, 6) is 0.926. The second kappa shape index (κ2) is 7.28. The molecule has 0 radical (unpaired) electrons. The van der Waals surface area contributed by atoms with Gasteiger partial charge in [-0.1, -0.05) is 0 Å². The lowest BCUT2D eigenvalue weighted by atomic mass is 10.2. The second-order valence-corrected chi connectivity index (χ2v) is 10.5. The molecule has 1 aliphatic heterocycles. The van der Waals surface area contributed by atoms with Gasteiger partial charge in [0, 0.05) is 6.07 Å². The van der Waals surface area contributed by atoms with E-state index in [4.69, 9.17) is 9.47 Å². The molecule has 3 rings (SSSR count). The quantitative estimate of drug-likeness (QED) is 0.742. The van der Waals surface area contributed by atoms with E-state index in [1.54, 1.807) is 26.0 Å². The number of benzene rings is 1. The van der Waals surface area contributed by atoms with Crippen LogP contribution in [0.3, 0.4) is 0 Å². The van der Waals surface area contributed by atoms with Gasteiger partial charge in [0.05, 0.1) is 48.8 Å².